The zero-order valence-corrected chi connectivity index (χ0v) is 8.58. The fraction of sp³-hybridized carbons (Fsp3) is 0.875. The van der Waals surface area contributed by atoms with Crippen molar-refractivity contribution in [2.75, 3.05) is 20.3 Å². The molecule has 0 bridgehead atoms. The van der Waals surface area contributed by atoms with Gasteiger partial charge in [-0.2, -0.15) is 0 Å². The van der Waals surface area contributed by atoms with Gasteiger partial charge in [-0.3, -0.25) is 0 Å². The minimum absolute atomic E-state index is 0.0214. The first-order chi connectivity index (χ1) is 6.93. The van der Waals surface area contributed by atoms with E-state index in [0.29, 0.717) is 0 Å². The summed E-state index contributed by atoms with van der Waals surface area (Å²) in [7, 11) is 0.963. The van der Waals surface area contributed by atoms with E-state index < -0.39 is 30.6 Å². The van der Waals surface area contributed by atoms with E-state index >= 15 is 0 Å². The van der Waals surface area contributed by atoms with E-state index in [1.165, 1.54) is 6.92 Å². The molecule has 3 unspecified atom stereocenters. The SMILES string of the molecule is CCOC(=O)C(O)(OC)C(O)C(O)CO. The maximum Gasteiger partial charge on any atom is 0.369 e. The fourth-order valence-electron chi connectivity index (χ4n) is 0.920. The minimum Gasteiger partial charge on any atom is -0.462 e. The Morgan fingerprint density at radius 2 is 2.00 bits per heavy atom. The second-order valence-corrected chi connectivity index (χ2v) is 2.82. The maximum absolute atomic E-state index is 11.2. The predicted molar refractivity (Wildman–Crippen MR) is 47.7 cm³/mol. The lowest BCUT2D eigenvalue weighted by Crippen LogP contribution is -2.57. The van der Waals surface area contributed by atoms with Gasteiger partial charge in [0.1, 0.15) is 12.2 Å². The van der Waals surface area contributed by atoms with E-state index in [9.17, 15) is 15.0 Å². The van der Waals surface area contributed by atoms with Crippen molar-refractivity contribution >= 4 is 5.97 Å². The molecular formula is C8H16O7. The first kappa shape index (κ1) is 14.3. The van der Waals surface area contributed by atoms with Crippen molar-refractivity contribution in [1.29, 1.82) is 0 Å². The fourth-order valence-corrected chi connectivity index (χ4v) is 0.920. The number of esters is 1. The van der Waals surface area contributed by atoms with Crippen LogP contribution >= 0.6 is 0 Å². The van der Waals surface area contributed by atoms with E-state index in [-0.39, 0.29) is 6.61 Å². The summed E-state index contributed by atoms with van der Waals surface area (Å²) in [5, 5.41) is 36.5. The van der Waals surface area contributed by atoms with Crippen LogP contribution in [0.4, 0.5) is 0 Å². The number of hydrogen-bond acceptors (Lipinski definition) is 7. The molecule has 0 aromatic heterocycles. The number of rotatable bonds is 6. The molecular weight excluding hydrogens is 208 g/mol. The Balaban J connectivity index is 4.74. The van der Waals surface area contributed by atoms with Gasteiger partial charge in [-0.1, -0.05) is 0 Å². The Morgan fingerprint density at radius 3 is 2.33 bits per heavy atom. The number of carbonyl (C=O) groups is 1. The molecule has 3 atom stereocenters. The third kappa shape index (κ3) is 3.11. The summed E-state index contributed by atoms with van der Waals surface area (Å²) in [4.78, 5) is 11.2. The number of carbonyl (C=O) groups excluding carboxylic acids is 1. The van der Waals surface area contributed by atoms with E-state index in [2.05, 4.69) is 9.47 Å². The molecule has 0 radical (unpaired) electrons. The van der Waals surface area contributed by atoms with Crippen LogP contribution in [0, 0.1) is 0 Å². The average Bonchev–Trinajstić information content (AvgIpc) is 2.26. The lowest BCUT2D eigenvalue weighted by molar-refractivity contribution is -0.267. The van der Waals surface area contributed by atoms with Gasteiger partial charge in [0.15, 0.2) is 0 Å². The molecule has 0 amide bonds. The smallest absolute Gasteiger partial charge is 0.369 e. The van der Waals surface area contributed by atoms with Crippen LogP contribution in [-0.2, 0) is 14.3 Å². The van der Waals surface area contributed by atoms with Crippen LogP contribution in [0.2, 0.25) is 0 Å². The number of methoxy groups -OCH3 is 1. The molecule has 0 aromatic carbocycles. The van der Waals surface area contributed by atoms with Crippen molar-refractivity contribution in [2.45, 2.75) is 24.9 Å². The molecule has 90 valence electrons. The van der Waals surface area contributed by atoms with Crippen LogP contribution in [0.3, 0.4) is 0 Å². The molecule has 7 heteroatoms. The Labute approximate surface area is 86.9 Å². The summed E-state index contributed by atoms with van der Waals surface area (Å²) < 4.78 is 8.84. The lowest BCUT2D eigenvalue weighted by Gasteiger charge is -2.30. The van der Waals surface area contributed by atoms with Crippen molar-refractivity contribution < 1.29 is 34.7 Å². The molecule has 0 aliphatic carbocycles. The summed E-state index contributed by atoms with van der Waals surface area (Å²) in [6, 6.07) is 0. The number of aliphatic hydroxyl groups excluding tert-OH is 3. The lowest BCUT2D eigenvalue weighted by atomic mass is 10.1. The van der Waals surface area contributed by atoms with Crippen molar-refractivity contribution in [3.63, 3.8) is 0 Å². The first-order valence-electron chi connectivity index (χ1n) is 4.35. The molecule has 15 heavy (non-hydrogen) atoms. The molecule has 0 aliphatic heterocycles. The van der Waals surface area contributed by atoms with Crippen molar-refractivity contribution in [3.8, 4) is 0 Å². The first-order valence-corrected chi connectivity index (χ1v) is 4.35. The van der Waals surface area contributed by atoms with Crippen LogP contribution in [0.25, 0.3) is 0 Å². The third-order valence-corrected chi connectivity index (χ3v) is 1.83. The summed E-state index contributed by atoms with van der Waals surface area (Å²) in [6.45, 7) is 0.654. The van der Waals surface area contributed by atoms with Crippen molar-refractivity contribution in [2.24, 2.45) is 0 Å². The molecule has 0 saturated carbocycles. The van der Waals surface area contributed by atoms with Gasteiger partial charge in [-0.25, -0.2) is 4.79 Å². The summed E-state index contributed by atoms with van der Waals surface area (Å²) in [5.41, 5.74) is 0. The highest BCUT2D eigenvalue weighted by molar-refractivity contribution is 5.78. The highest BCUT2D eigenvalue weighted by Gasteiger charge is 2.48. The van der Waals surface area contributed by atoms with Gasteiger partial charge in [0.2, 0.25) is 0 Å². The quantitative estimate of drug-likeness (QED) is 0.293. The molecule has 0 spiro atoms. The normalized spacial score (nSPS) is 19.1. The Morgan fingerprint density at radius 1 is 1.47 bits per heavy atom. The standard InChI is InChI=1S/C8H16O7/c1-3-15-7(12)8(13,14-2)6(11)5(10)4-9/h5-6,9-11,13H,3-4H2,1-2H3. The van der Waals surface area contributed by atoms with Gasteiger partial charge in [0, 0.05) is 7.11 Å². The van der Waals surface area contributed by atoms with Crippen LogP contribution in [0.1, 0.15) is 6.92 Å². The summed E-state index contributed by atoms with van der Waals surface area (Å²) >= 11 is 0. The second kappa shape index (κ2) is 5.99. The van der Waals surface area contributed by atoms with Gasteiger partial charge in [0.05, 0.1) is 13.2 Å². The van der Waals surface area contributed by atoms with Crippen molar-refractivity contribution in [1.82, 2.24) is 0 Å². The number of ether oxygens (including phenoxy) is 2. The van der Waals surface area contributed by atoms with Crippen LogP contribution in [0.15, 0.2) is 0 Å². The average molecular weight is 224 g/mol. The molecule has 0 fully saturated rings. The van der Waals surface area contributed by atoms with E-state index in [4.69, 9.17) is 10.2 Å². The second-order valence-electron chi connectivity index (χ2n) is 2.82. The Kier molecular flexibility index (Phi) is 5.69. The minimum atomic E-state index is -2.68. The van der Waals surface area contributed by atoms with Gasteiger partial charge in [-0.05, 0) is 6.92 Å². The number of aliphatic hydroxyl groups is 4. The predicted octanol–water partition coefficient (Wildman–Crippen LogP) is -2.40. The van der Waals surface area contributed by atoms with Gasteiger partial charge >= 0.3 is 5.97 Å². The molecule has 0 aromatic rings. The number of hydrogen-bond donors (Lipinski definition) is 4. The zero-order valence-electron chi connectivity index (χ0n) is 8.58. The molecule has 0 aliphatic rings. The molecule has 0 rings (SSSR count). The van der Waals surface area contributed by atoms with Gasteiger partial charge in [-0.15, -0.1) is 0 Å². The van der Waals surface area contributed by atoms with E-state index in [1.54, 1.807) is 0 Å². The molecule has 4 N–H and O–H groups in total. The highest BCUT2D eigenvalue weighted by atomic mass is 16.7. The van der Waals surface area contributed by atoms with Crippen molar-refractivity contribution in [3.05, 3.63) is 0 Å². The Hall–Kier alpha value is -0.730. The monoisotopic (exact) mass is 224 g/mol. The van der Waals surface area contributed by atoms with Gasteiger partial charge in [0.25, 0.3) is 5.79 Å². The summed E-state index contributed by atoms with van der Waals surface area (Å²) in [6.07, 6.45) is -3.70. The zero-order chi connectivity index (χ0) is 12.1. The molecule has 7 nitrogen and oxygen atoms in total. The largest absolute Gasteiger partial charge is 0.462 e. The van der Waals surface area contributed by atoms with E-state index in [1.807, 2.05) is 0 Å². The molecule has 0 heterocycles. The van der Waals surface area contributed by atoms with Crippen LogP contribution in [-0.4, -0.2) is 64.7 Å². The highest BCUT2D eigenvalue weighted by Crippen LogP contribution is 2.17. The van der Waals surface area contributed by atoms with Crippen LogP contribution < -0.4 is 0 Å². The third-order valence-electron chi connectivity index (χ3n) is 1.83. The molecule has 0 saturated heterocycles. The van der Waals surface area contributed by atoms with Crippen LogP contribution in [0.5, 0.6) is 0 Å². The maximum atomic E-state index is 11.2. The Bertz CT molecular complexity index is 207. The topological polar surface area (TPSA) is 116 Å². The summed E-state index contributed by atoms with van der Waals surface area (Å²) in [5.74, 6) is -3.91. The van der Waals surface area contributed by atoms with E-state index in [0.717, 1.165) is 7.11 Å². The van der Waals surface area contributed by atoms with Gasteiger partial charge < -0.3 is 29.9 Å².